The molecule has 0 bridgehead atoms. The van der Waals surface area contributed by atoms with Crippen LogP contribution in [0.4, 0.5) is 17.6 Å². The van der Waals surface area contributed by atoms with Gasteiger partial charge >= 0.3 is 5.97 Å². The van der Waals surface area contributed by atoms with Crippen LogP contribution in [-0.2, 0) is 9.53 Å². The van der Waals surface area contributed by atoms with Crippen LogP contribution in [0.1, 0.15) is 66.1 Å². The number of carbonyl (C=O) groups excluding carboxylic acids is 1. The largest absolute Gasteiger partial charge is 0.462 e. The number of halogens is 4. The molecule has 5 unspecified atom stereocenters. The molecule has 8 heteroatoms. The van der Waals surface area contributed by atoms with E-state index in [0.29, 0.717) is 11.8 Å². The van der Waals surface area contributed by atoms with E-state index >= 15 is 0 Å². The number of hydrogen-bond donors (Lipinski definition) is 0. The number of rotatable bonds is 3. The highest BCUT2D eigenvalue weighted by Gasteiger charge is 2.47. The van der Waals surface area contributed by atoms with E-state index in [1.807, 2.05) is 0 Å². The topological polar surface area (TPSA) is 89.3 Å². The van der Waals surface area contributed by atoms with E-state index in [4.69, 9.17) is 4.74 Å². The molecular weight excluding hydrogens is 380 g/mol. The lowest BCUT2D eigenvalue weighted by Crippen LogP contribution is -2.45. The molecule has 0 aromatic rings. The van der Waals surface area contributed by atoms with Crippen LogP contribution in [0.25, 0.3) is 0 Å². The number of alkyl halides is 4. The molecule has 0 aromatic heterocycles. The smallest absolute Gasteiger partial charge is 0.315 e. The molecule has 28 heavy (non-hydrogen) atoms. The van der Waals surface area contributed by atoms with E-state index in [9.17, 15) is 22.4 Å². The molecule has 0 radical (unpaired) electrons. The Morgan fingerprint density at radius 2 is 1.32 bits per heavy atom. The summed E-state index contributed by atoms with van der Waals surface area (Å²) >= 11 is 0. The minimum Gasteiger partial charge on any atom is -0.462 e. The Kier molecular flexibility index (Phi) is 9.67. The Morgan fingerprint density at radius 3 is 1.86 bits per heavy atom. The van der Waals surface area contributed by atoms with Crippen molar-refractivity contribution in [3.05, 3.63) is 0 Å². The van der Waals surface area contributed by atoms with Crippen molar-refractivity contribution in [1.29, 1.82) is 0 Å². The minimum absolute atomic E-state index is 0. The lowest BCUT2D eigenvalue weighted by atomic mass is 9.68. The molecule has 0 aromatic carbocycles. The summed E-state index contributed by atoms with van der Waals surface area (Å²) in [5, 5.41) is 0. The maximum atomic E-state index is 14.6. The molecule has 0 amide bonds. The average Bonchev–Trinajstić information content (AvgIpc) is 2.58. The lowest BCUT2D eigenvalue weighted by Gasteiger charge is -2.40. The zero-order valence-corrected chi connectivity index (χ0v) is 16.4. The number of ether oxygens (including phenoxy) is 1. The van der Waals surface area contributed by atoms with Gasteiger partial charge in [0.05, 0.1) is 0 Å². The molecule has 0 aliphatic heterocycles. The van der Waals surface area contributed by atoms with E-state index in [0.717, 1.165) is 25.7 Å². The van der Waals surface area contributed by atoms with Gasteiger partial charge in [0.2, 0.25) is 0 Å². The van der Waals surface area contributed by atoms with Crippen LogP contribution in [-0.4, -0.2) is 47.7 Å². The SMILES string of the molecule is CC1CCC(C2CC(F)C(C(=O)OC3CCC(F)C(F)C3)C(F)C2)CC1.O.O.[HH]. The van der Waals surface area contributed by atoms with Crippen LogP contribution in [0.3, 0.4) is 0 Å². The van der Waals surface area contributed by atoms with Gasteiger partial charge in [-0.05, 0) is 56.3 Å². The van der Waals surface area contributed by atoms with Gasteiger partial charge < -0.3 is 15.7 Å². The lowest BCUT2D eigenvalue weighted by molar-refractivity contribution is -0.166. The highest BCUT2D eigenvalue weighted by atomic mass is 19.2. The van der Waals surface area contributed by atoms with Crippen LogP contribution < -0.4 is 0 Å². The highest BCUT2D eigenvalue weighted by Crippen LogP contribution is 2.43. The van der Waals surface area contributed by atoms with Crippen molar-refractivity contribution < 1.29 is 39.5 Å². The van der Waals surface area contributed by atoms with Crippen LogP contribution in [0.5, 0.6) is 0 Å². The fourth-order valence-electron chi connectivity index (χ4n) is 5.02. The third-order valence-corrected chi connectivity index (χ3v) is 6.76. The second kappa shape index (κ2) is 10.8. The third kappa shape index (κ3) is 5.81. The van der Waals surface area contributed by atoms with Crippen molar-refractivity contribution in [3.8, 4) is 0 Å². The van der Waals surface area contributed by atoms with Gasteiger partial charge in [-0.15, -0.1) is 0 Å². The fraction of sp³-hybridized carbons (Fsp3) is 0.950. The molecule has 3 saturated carbocycles. The van der Waals surface area contributed by atoms with Crippen molar-refractivity contribution in [1.82, 2.24) is 0 Å². The molecule has 3 fully saturated rings. The molecular formula is C20H36F4O4. The predicted molar refractivity (Wildman–Crippen MR) is 100.0 cm³/mol. The first-order valence-corrected chi connectivity index (χ1v) is 10.1. The van der Waals surface area contributed by atoms with Gasteiger partial charge in [0, 0.05) is 7.85 Å². The maximum Gasteiger partial charge on any atom is 0.315 e. The predicted octanol–water partition coefficient (Wildman–Crippen LogP) is 3.88. The van der Waals surface area contributed by atoms with Crippen LogP contribution in [0.15, 0.2) is 0 Å². The first kappa shape index (κ1) is 25.1. The van der Waals surface area contributed by atoms with E-state index in [-0.39, 0.29) is 50.4 Å². The van der Waals surface area contributed by atoms with Gasteiger partial charge in [0.25, 0.3) is 0 Å². The Balaban J connectivity index is 0.00000261. The summed E-state index contributed by atoms with van der Waals surface area (Å²) in [6.07, 6.45) is -2.55. The van der Waals surface area contributed by atoms with Crippen molar-refractivity contribution in [3.63, 3.8) is 0 Å². The molecule has 0 saturated heterocycles. The summed E-state index contributed by atoms with van der Waals surface area (Å²) in [7, 11) is 0. The minimum atomic E-state index is -1.67. The zero-order valence-electron chi connectivity index (χ0n) is 16.4. The number of carbonyl (C=O) groups is 1. The fourth-order valence-corrected chi connectivity index (χ4v) is 5.02. The standard InChI is InChI=1S/C20H30F4O2.2H2O.H2/c1-11-2-4-12(5-3-11)13-8-17(23)19(18(24)9-13)20(25)26-14-6-7-15(21)16(22)10-14;;;/h11-19H,2-10H2,1H3;2*1H2;1H. The first-order chi connectivity index (χ1) is 12.3. The molecule has 4 N–H and O–H groups in total. The van der Waals surface area contributed by atoms with E-state index in [1.165, 1.54) is 0 Å². The molecule has 3 rings (SSSR count). The Hall–Kier alpha value is -0.890. The highest BCUT2D eigenvalue weighted by molar-refractivity contribution is 5.74. The van der Waals surface area contributed by atoms with Gasteiger partial charge in [-0.3, -0.25) is 4.79 Å². The molecule has 168 valence electrons. The van der Waals surface area contributed by atoms with E-state index in [1.54, 1.807) is 0 Å². The molecule has 3 aliphatic carbocycles. The number of hydrogen-bond acceptors (Lipinski definition) is 2. The Labute approximate surface area is 165 Å². The Morgan fingerprint density at radius 1 is 0.750 bits per heavy atom. The molecule has 4 nitrogen and oxygen atoms in total. The van der Waals surface area contributed by atoms with Crippen molar-refractivity contribution >= 4 is 5.97 Å². The first-order valence-electron chi connectivity index (χ1n) is 10.1. The van der Waals surface area contributed by atoms with Gasteiger partial charge in [-0.1, -0.05) is 19.8 Å². The summed E-state index contributed by atoms with van der Waals surface area (Å²) < 4.78 is 61.1. The molecule has 0 heterocycles. The third-order valence-electron chi connectivity index (χ3n) is 6.76. The monoisotopic (exact) mass is 416 g/mol. The summed E-state index contributed by atoms with van der Waals surface area (Å²) in [5.41, 5.74) is 0. The van der Waals surface area contributed by atoms with Crippen molar-refractivity contribution in [2.75, 3.05) is 0 Å². The van der Waals surface area contributed by atoms with Gasteiger partial charge in [-0.2, -0.15) is 0 Å². The summed E-state index contributed by atoms with van der Waals surface area (Å²) in [5.74, 6) is -1.34. The number of esters is 1. The summed E-state index contributed by atoms with van der Waals surface area (Å²) in [6, 6.07) is 0. The van der Waals surface area contributed by atoms with Crippen LogP contribution >= 0.6 is 0 Å². The second-order valence-electron chi connectivity index (χ2n) is 8.71. The summed E-state index contributed by atoms with van der Waals surface area (Å²) in [6.45, 7) is 2.21. The Bertz CT molecular complexity index is 481. The van der Waals surface area contributed by atoms with E-state index < -0.39 is 42.7 Å². The average molecular weight is 416 g/mol. The normalized spacial score (nSPS) is 44.0. The van der Waals surface area contributed by atoms with Crippen LogP contribution in [0.2, 0.25) is 0 Å². The van der Waals surface area contributed by atoms with Crippen LogP contribution in [0, 0.1) is 23.7 Å². The van der Waals surface area contributed by atoms with E-state index in [2.05, 4.69) is 6.92 Å². The van der Waals surface area contributed by atoms with Gasteiger partial charge in [0.1, 0.15) is 36.7 Å². The quantitative estimate of drug-likeness (QED) is 0.516. The summed E-state index contributed by atoms with van der Waals surface area (Å²) in [4.78, 5) is 12.3. The van der Waals surface area contributed by atoms with Gasteiger partial charge in [-0.25, -0.2) is 17.6 Å². The molecule has 5 atom stereocenters. The van der Waals surface area contributed by atoms with Crippen molar-refractivity contribution in [2.45, 2.75) is 95.5 Å². The molecule has 0 spiro atoms. The second-order valence-corrected chi connectivity index (χ2v) is 8.71. The maximum absolute atomic E-state index is 14.6. The van der Waals surface area contributed by atoms with Crippen molar-refractivity contribution in [2.24, 2.45) is 23.7 Å². The molecule has 3 aliphatic rings. The zero-order chi connectivity index (χ0) is 18.8. The van der Waals surface area contributed by atoms with Gasteiger partial charge in [0.15, 0.2) is 0 Å².